The molecule has 0 amide bonds. The lowest BCUT2D eigenvalue weighted by Gasteiger charge is -2.16. The molecule has 0 bridgehead atoms. The van der Waals surface area contributed by atoms with Crippen molar-refractivity contribution in [1.29, 1.82) is 0 Å². The summed E-state index contributed by atoms with van der Waals surface area (Å²) in [6, 6.07) is 56.0. The molecule has 7 aromatic carbocycles. The van der Waals surface area contributed by atoms with Crippen LogP contribution in [0.3, 0.4) is 0 Å². The van der Waals surface area contributed by atoms with Crippen molar-refractivity contribution >= 4 is 33.9 Å². The number of benzene rings is 7. The van der Waals surface area contributed by atoms with Crippen LogP contribution in [0.25, 0.3) is 55.3 Å². The molecule has 1 heterocycles. The van der Waals surface area contributed by atoms with Gasteiger partial charge in [-0.1, -0.05) is 162 Å². The molecule has 0 N–H and O–H groups in total. The van der Waals surface area contributed by atoms with Gasteiger partial charge in [0, 0.05) is 0 Å². The molecule has 0 nitrogen and oxygen atoms in total. The molecular weight excluding hydrogens is 515 g/mol. The summed E-state index contributed by atoms with van der Waals surface area (Å²) in [7, 11) is 0. The van der Waals surface area contributed by atoms with Crippen LogP contribution in [0.4, 0.5) is 0 Å². The predicted molar refractivity (Wildman–Crippen MR) is 186 cm³/mol. The smallest absolute Gasteiger partial charge is 0.0686 e. The fraction of sp³-hybridized carbons (Fsp3) is 0.0476. The highest BCUT2D eigenvalue weighted by Crippen LogP contribution is 2.32. The Morgan fingerprint density at radius 1 is 0.349 bits per heavy atom. The van der Waals surface area contributed by atoms with Gasteiger partial charge in [0.15, 0.2) is 0 Å². The van der Waals surface area contributed by atoms with Crippen LogP contribution in [0.1, 0.15) is 11.1 Å². The van der Waals surface area contributed by atoms with Crippen molar-refractivity contribution in [3.05, 3.63) is 163 Å². The summed E-state index contributed by atoms with van der Waals surface area (Å²) in [5, 5.41) is 2.55. The fourth-order valence-electron chi connectivity index (χ4n) is 6.97. The second kappa shape index (κ2) is 10.3. The molecule has 0 unspecified atom stereocenters. The molecule has 0 saturated heterocycles. The second-order valence-corrected chi connectivity index (χ2v) is 11.9. The van der Waals surface area contributed by atoms with E-state index in [1.165, 1.54) is 82.8 Å². The average Bonchev–Trinajstić information content (AvgIpc) is 3.37. The summed E-state index contributed by atoms with van der Waals surface area (Å²) in [6.45, 7) is 4.68. The van der Waals surface area contributed by atoms with Gasteiger partial charge >= 0.3 is 0 Å². The van der Waals surface area contributed by atoms with Gasteiger partial charge in [0.25, 0.3) is 0 Å². The van der Waals surface area contributed by atoms with E-state index in [1.54, 1.807) is 0 Å². The Morgan fingerprint density at radius 2 is 0.930 bits per heavy atom. The van der Waals surface area contributed by atoms with E-state index in [4.69, 9.17) is 0 Å². The Balaban J connectivity index is 1.14. The zero-order chi connectivity index (χ0) is 28.9. The van der Waals surface area contributed by atoms with Gasteiger partial charge in [0.1, 0.15) is 0 Å². The highest BCUT2D eigenvalue weighted by molar-refractivity contribution is 6.99. The van der Waals surface area contributed by atoms with Crippen LogP contribution in [-0.2, 0) is 0 Å². The van der Waals surface area contributed by atoms with Crippen LogP contribution in [0.15, 0.2) is 152 Å². The molecule has 1 aliphatic rings. The number of hydrogen-bond acceptors (Lipinski definition) is 0. The Morgan fingerprint density at radius 3 is 1.67 bits per heavy atom. The molecule has 0 atom stereocenters. The number of aryl methyl sites for hydroxylation is 2. The third-order valence-corrected chi connectivity index (χ3v) is 9.25. The Labute approximate surface area is 254 Å². The van der Waals surface area contributed by atoms with Crippen LogP contribution in [0.5, 0.6) is 0 Å². The van der Waals surface area contributed by atoms with E-state index < -0.39 is 0 Å². The quantitative estimate of drug-likeness (QED) is 0.193. The van der Waals surface area contributed by atoms with Crippen molar-refractivity contribution in [2.24, 2.45) is 0 Å². The summed E-state index contributed by atoms with van der Waals surface area (Å²) in [5.74, 6) is 0. The molecule has 202 valence electrons. The molecule has 8 rings (SSSR count). The molecule has 1 aliphatic heterocycles. The number of rotatable bonds is 4. The van der Waals surface area contributed by atoms with Crippen LogP contribution in [0, 0.1) is 13.8 Å². The zero-order valence-electron chi connectivity index (χ0n) is 24.5. The highest BCUT2D eigenvalue weighted by atomic mass is 14.2. The van der Waals surface area contributed by atoms with Crippen LogP contribution in [0.2, 0.25) is 0 Å². The minimum absolute atomic E-state index is 0.221. The summed E-state index contributed by atoms with van der Waals surface area (Å²) in [4.78, 5) is 0. The van der Waals surface area contributed by atoms with Gasteiger partial charge in [-0.2, -0.15) is 0 Å². The molecule has 0 spiro atoms. The Kier molecular flexibility index (Phi) is 6.12. The summed E-state index contributed by atoms with van der Waals surface area (Å²) >= 11 is 0. The fourth-order valence-corrected chi connectivity index (χ4v) is 6.97. The SMILES string of the molecule is Cc1ccccc1-c1cc2c(cc1C)-c1ccccc1B2c1ccc(-c2ccc(-c3ccc4ccccc4c3)cc2)cc1. The van der Waals surface area contributed by atoms with Crippen LogP contribution >= 0.6 is 0 Å². The molecule has 0 radical (unpaired) electrons. The summed E-state index contributed by atoms with van der Waals surface area (Å²) < 4.78 is 0. The van der Waals surface area contributed by atoms with Gasteiger partial charge in [-0.05, 0) is 86.3 Å². The van der Waals surface area contributed by atoms with E-state index in [9.17, 15) is 0 Å². The molecule has 0 fully saturated rings. The number of fused-ring (bicyclic) bond motifs is 4. The molecule has 0 aromatic heterocycles. The van der Waals surface area contributed by atoms with Gasteiger partial charge in [0.05, 0.1) is 0 Å². The first-order valence-electron chi connectivity index (χ1n) is 15.1. The average molecular weight is 547 g/mol. The van der Waals surface area contributed by atoms with E-state index in [0.29, 0.717) is 0 Å². The maximum atomic E-state index is 2.46. The lowest BCUT2D eigenvalue weighted by molar-refractivity contribution is 1.42. The molecule has 1 heteroatoms. The molecular formula is C42H31B. The van der Waals surface area contributed by atoms with E-state index in [0.717, 1.165) is 0 Å². The van der Waals surface area contributed by atoms with Crippen molar-refractivity contribution in [3.8, 4) is 44.5 Å². The first kappa shape index (κ1) is 25.6. The van der Waals surface area contributed by atoms with Gasteiger partial charge in [0.2, 0.25) is 6.71 Å². The lowest BCUT2D eigenvalue weighted by atomic mass is 9.39. The summed E-state index contributed by atoms with van der Waals surface area (Å²) in [6.07, 6.45) is 0. The molecule has 0 aliphatic carbocycles. The minimum atomic E-state index is 0.221. The van der Waals surface area contributed by atoms with Crippen molar-refractivity contribution in [2.45, 2.75) is 13.8 Å². The maximum Gasteiger partial charge on any atom is 0.242 e. The van der Waals surface area contributed by atoms with Crippen LogP contribution < -0.4 is 16.4 Å². The van der Waals surface area contributed by atoms with Gasteiger partial charge in [-0.3, -0.25) is 0 Å². The standard InChI is InChI=1S/C42H31B/c1-28-9-3-6-12-37(28)39-27-42-40(25-29(39)2)38-13-7-8-14-41(38)43(42)36-23-21-32(22-24-36)31-15-17-33(18-16-31)35-20-19-30-10-4-5-11-34(30)26-35/h3-27H,1-2H3. The topological polar surface area (TPSA) is 0 Å². The maximum absolute atomic E-state index is 2.46. The van der Waals surface area contributed by atoms with Crippen molar-refractivity contribution in [3.63, 3.8) is 0 Å². The predicted octanol–water partition coefficient (Wildman–Crippen LogP) is 8.95. The Bertz CT molecular complexity index is 2140. The van der Waals surface area contributed by atoms with E-state index in [-0.39, 0.29) is 6.71 Å². The van der Waals surface area contributed by atoms with Gasteiger partial charge in [-0.15, -0.1) is 0 Å². The first-order chi connectivity index (χ1) is 21.1. The second-order valence-electron chi connectivity index (χ2n) is 11.9. The minimum Gasteiger partial charge on any atom is -0.0686 e. The monoisotopic (exact) mass is 546 g/mol. The summed E-state index contributed by atoms with van der Waals surface area (Å²) in [5.41, 5.74) is 17.1. The third kappa shape index (κ3) is 4.40. The highest BCUT2D eigenvalue weighted by Gasteiger charge is 2.34. The van der Waals surface area contributed by atoms with E-state index in [1.807, 2.05) is 0 Å². The molecule has 0 saturated carbocycles. The molecule has 43 heavy (non-hydrogen) atoms. The van der Waals surface area contributed by atoms with Crippen molar-refractivity contribution in [1.82, 2.24) is 0 Å². The largest absolute Gasteiger partial charge is 0.242 e. The van der Waals surface area contributed by atoms with Crippen molar-refractivity contribution in [2.75, 3.05) is 0 Å². The number of hydrogen-bond donors (Lipinski definition) is 0. The van der Waals surface area contributed by atoms with Crippen LogP contribution in [-0.4, -0.2) is 6.71 Å². The molecule has 7 aromatic rings. The lowest BCUT2D eigenvalue weighted by Crippen LogP contribution is -2.48. The normalized spacial score (nSPS) is 11.9. The van der Waals surface area contributed by atoms with Gasteiger partial charge < -0.3 is 0 Å². The zero-order valence-corrected chi connectivity index (χ0v) is 24.5. The van der Waals surface area contributed by atoms with E-state index in [2.05, 4.69) is 166 Å². The van der Waals surface area contributed by atoms with Gasteiger partial charge in [-0.25, -0.2) is 0 Å². The van der Waals surface area contributed by atoms with Crippen molar-refractivity contribution < 1.29 is 0 Å². The Hall–Kier alpha value is -5.14. The third-order valence-electron chi connectivity index (χ3n) is 9.25. The first-order valence-corrected chi connectivity index (χ1v) is 15.1. The van der Waals surface area contributed by atoms with E-state index >= 15 is 0 Å².